The normalized spacial score (nSPS) is 14.9. The fraction of sp³-hybridized carbons (Fsp3) is 0.571. The number of rotatable bonds is 7. The topological polar surface area (TPSA) is 58.3 Å². The van der Waals surface area contributed by atoms with Crippen LogP contribution in [0.5, 0.6) is 0 Å². The summed E-state index contributed by atoms with van der Waals surface area (Å²) in [4.78, 5) is 0. The van der Waals surface area contributed by atoms with E-state index in [-0.39, 0.29) is 6.04 Å². The number of nitrogens with two attached hydrogens (primary N) is 1. The van der Waals surface area contributed by atoms with Crippen LogP contribution in [0.25, 0.3) is 0 Å². The van der Waals surface area contributed by atoms with Crippen LogP contribution >= 0.6 is 0 Å². The molecule has 1 aromatic rings. The molecule has 1 aromatic carbocycles. The lowest BCUT2D eigenvalue weighted by molar-refractivity contribution is 0.141. The maximum atomic E-state index is 9.90. The third-order valence-corrected chi connectivity index (χ3v) is 2.71. The second-order valence-electron chi connectivity index (χ2n) is 4.97. The van der Waals surface area contributed by atoms with Gasteiger partial charge in [-0.2, -0.15) is 0 Å². The monoisotopic (exact) mass is 236 g/mol. The molecule has 4 N–H and O–H groups in total. The smallest absolute Gasteiger partial charge is 0.0818 e. The molecule has 0 aliphatic carbocycles. The van der Waals surface area contributed by atoms with Gasteiger partial charge in [0.05, 0.1) is 6.10 Å². The van der Waals surface area contributed by atoms with Crippen LogP contribution in [-0.4, -0.2) is 30.3 Å². The van der Waals surface area contributed by atoms with Crippen LogP contribution in [0.3, 0.4) is 0 Å². The Balaban J connectivity index is 2.29. The van der Waals surface area contributed by atoms with Crippen molar-refractivity contribution < 1.29 is 5.11 Å². The van der Waals surface area contributed by atoms with Gasteiger partial charge in [-0.1, -0.05) is 44.2 Å². The first kappa shape index (κ1) is 14.2. The van der Waals surface area contributed by atoms with E-state index in [1.54, 1.807) is 0 Å². The van der Waals surface area contributed by atoms with E-state index >= 15 is 0 Å². The molecule has 0 saturated carbocycles. The van der Waals surface area contributed by atoms with Crippen LogP contribution in [0, 0.1) is 5.92 Å². The van der Waals surface area contributed by atoms with Gasteiger partial charge < -0.3 is 16.2 Å². The predicted molar refractivity (Wildman–Crippen MR) is 71.8 cm³/mol. The maximum Gasteiger partial charge on any atom is 0.0818 e. The number of aliphatic hydroxyl groups excluding tert-OH is 1. The standard InChI is InChI=1S/C14H24N2O/c1-11(2)9-16-10-14(17)13(15)8-12-6-4-3-5-7-12/h3-7,11,13-14,16-17H,8-10,15H2,1-2H3/t13-,14+/m0/s1. The highest BCUT2D eigenvalue weighted by atomic mass is 16.3. The summed E-state index contributed by atoms with van der Waals surface area (Å²) < 4.78 is 0. The van der Waals surface area contributed by atoms with E-state index in [0.29, 0.717) is 18.9 Å². The highest BCUT2D eigenvalue weighted by molar-refractivity contribution is 5.16. The van der Waals surface area contributed by atoms with Crippen LogP contribution in [-0.2, 0) is 6.42 Å². The summed E-state index contributed by atoms with van der Waals surface area (Å²) in [5.74, 6) is 0.590. The quantitative estimate of drug-likeness (QED) is 0.666. The first-order valence-electron chi connectivity index (χ1n) is 6.28. The summed E-state index contributed by atoms with van der Waals surface area (Å²) in [5.41, 5.74) is 7.15. The van der Waals surface area contributed by atoms with Crippen molar-refractivity contribution in [2.75, 3.05) is 13.1 Å². The zero-order valence-electron chi connectivity index (χ0n) is 10.8. The van der Waals surface area contributed by atoms with Gasteiger partial charge in [0.15, 0.2) is 0 Å². The summed E-state index contributed by atoms with van der Waals surface area (Å²) in [6.07, 6.45) is 0.222. The van der Waals surface area contributed by atoms with Crippen molar-refractivity contribution in [1.82, 2.24) is 5.32 Å². The van der Waals surface area contributed by atoms with Gasteiger partial charge >= 0.3 is 0 Å². The second-order valence-corrected chi connectivity index (χ2v) is 4.97. The molecule has 1 rings (SSSR count). The van der Waals surface area contributed by atoms with E-state index in [0.717, 1.165) is 6.54 Å². The lowest BCUT2D eigenvalue weighted by Gasteiger charge is -2.20. The Morgan fingerprint density at radius 2 is 1.82 bits per heavy atom. The minimum absolute atomic E-state index is 0.211. The lowest BCUT2D eigenvalue weighted by Crippen LogP contribution is -2.43. The number of aliphatic hydroxyl groups is 1. The van der Waals surface area contributed by atoms with E-state index in [1.807, 2.05) is 30.3 Å². The molecule has 0 saturated heterocycles. The van der Waals surface area contributed by atoms with Crippen LogP contribution in [0.4, 0.5) is 0 Å². The van der Waals surface area contributed by atoms with Gasteiger partial charge in [-0.05, 0) is 24.4 Å². The third-order valence-electron chi connectivity index (χ3n) is 2.71. The van der Waals surface area contributed by atoms with Crippen molar-refractivity contribution in [2.45, 2.75) is 32.4 Å². The van der Waals surface area contributed by atoms with E-state index in [1.165, 1.54) is 5.56 Å². The predicted octanol–water partition coefficient (Wildman–Crippen LogP) is 1.16. The molecule has 0 aromatic heterocycles. The van der Waals surface area contributed by atoms with Gasteiger partial charge in [-0.15, -0.1) is 0 Å². The Kier molecular flexibility index (Phi) is 6.19. The Morgan fingerprint density at radius 1 is 1.18 bits per heavy atom. The molecule has 0 heterocycles. The van der Waals surface area contributed by atoms with Gasteiger partial charge in [0.2, 0.25) is 0 Å². The number of hydrogen-bond acceptors (Lipinski definition) is 3. The molecule has 2 atom stereocenters. The van der Waals surface area contributed by atoms with Crippen LogP contribution in [0.1, 0.15) is 19.4 Å². The highest BCUT2D eigenvalue weighted by Gasteiger charge is 2.14. The van der Waals surface area contributed by atoms with E-state index in [4.69, 9.17) is 5.73 Å². The molecule has 0 spiro atoms. The Morgan fingerprint density at radius 3 is 2.41 bits per heavy atom. The largest absolute Gasteiger partial charge is 0.390 e. The molecule has 0 unspecified atom stereocenters. The number of benzene rings is 1. The molecule has 96 valence electrons. The van der Waals surface area contributed by atoms with E-state index in [9.17, 15) is 5.11 Å². The Hall–Kier alpha value is -0.900. The van der Waals surface area contributed by atoms with Crippen molar-refractivity contribution in [1.29, 1.82) is 0 Å². The summed E-state index contributed by atoms with van der Waals surface area (Å²) in [6, 6.07) is 9.83. The van der Waals surface area contributed by atoms with Gasteiger partial charge in [0.1, 0.15) is 0 Å². The molecule has 0 fully saturated rings. The zero-order chi connectivity index (χ0) is 12.7. The summed E-state index contributed by atoms with van der Waals surface area (Å²) in [6.45, 7) is 5.76. The summed E-state index contributed by atoms with van der Waals surface area (Å²) in [7, 11) is 0. The molecule has 3 nitrogen and oxygen atoms in total. The molecule has 0 amide bonds. The van der Waals surface area contributed by atoms with E-state index < -0.39 is 6.10 Å². The van der Waals surface area contributed by atoms with Crippen molar-refractivity contribution in [2.24, 2.45) is 11.7 Å². The van der Waals surface area contributed by atoms with Crippen LogP contribution in [0.15, 0.2) is 30.3 Å². The molecule has 0 bridgehead atoms. The molecule has 0 aliphatic heterocycles. The SMILES string of the molecule is CC(C)CNC[C@@H](O)[C@@H](N)Cc1ccccc1. The average molecular weight is 236 g/mol. The highest BCUT2D eigenvalue weighted by Crippen LogP contribution is 2.04. The maximum absolute atomic E-state index is 9.90. The van der Waals surface area contributed by atoms with Crippen molar-refractivity contribution in [3.63, 3.8) is 0 Å². The van der Waals surface area contributed by atoms with Crippen LogP contribution in [0.2, 0.25) is 0 Å². The van der Waals surface area contributed by atoms with Crippen molar-refractivity contribution in [3.05, 3.63) is 35.9 Å². The average Bonchev–Trinajstić information content (AvgIpc) is 2.29. The first-order chi connectivity index (χ1) is 8.09. The van der Waals surface area contributed by atoms with E-state index in [2.05, 4.69) is 19.2 Å². The Labute approximate surface area is 104 Å². The van der Waals surface area contributed by atoms with Crippen molar-refractivity contribution in [3.8, 4) is 0 Å². The fourth-order valence-electron chi connectivity index (χ4n) is 1.69. The first-order valence-corrected chi connectivity index (χ1v) is 6.28. The summed E-state index contributed by atoms with van der Waals surface area (Å²) in [5, 5.41) is 13.1. The fourth-order valence-corrected chi connectivity index (χ4v) is 1.69. The molecule has 17 heavy (non-hydrogen) atoms. The second kappa shape index (κ2) is 7.43. The number of nitrogens with one attached hydrogen (secondary N) is 1. The van der Waals surface area contributed by atoms with Gasteiger partial charge in [-0.25, -0.2) is 0 Å². The van der Waals surface area contributed by atoms with Gasteiger partial charge in [0.25, 0.3) is 0 Å². The minimum atomic E-state index is -0.492. The summed E-state index contributed by atoms with van der Waals surface area (Å²) >= 11 is 0. The molecule has 3 heteroatoms. The third kappa shape index (κ3) is 5.82. The molecule has 0 radical (unpaired) electrons. The molecular weight excluding hydrogens is 212 g/mol. The van der Waals surface area contributed by atoms with Gasteiger partial charge in [-0.3, -0.25) is 0 Å². The zero-order valence-corrected chi connectivity index (χ0v) is 10.8. The van der Waals surface area contributed by atoms with Crippen LogP contribution < -0.4 is 11.1 Å². The Bertz CT molecular complexity index is 300. The molecular formula is C14H24N2O. The molecule has 0 aliphatic rings. The minimum Gasteiger partial charge on any atom is -0.390 e. The van der Waals surface area contributed by atoms with Crippen molar-refractivity contribution >= 4 is 0 Å². The van der Waals surface area contributed by atoms with Gasteiger partial charge in [0, 0.05) is 12.6 Å². The lowest BCUT2D eigenvalue weighted by atomic mass is 10.0. The number of hydrogen-bond donors (Lipinski definition) is 3.